The molecule has 0 bridgehead atoms. The van der Waals surface area contributed by atoms with Gasteiger partial charge in [-0.1, -0.05) is 70.5 Å². The van der Waals surface area contributed by atoms with Crippen LogP contribution in [0, 0.1) is 0 Å². The van der Waals surface area contributed by atoms with Crippen LogP contribution < -0.4 is 26.7 Å². The minimum Gasteiger partial charge on any atom is -0.424 e. The number of guanidine groups is 1. The van der Waals surface area contributed by atoms with Crippen LogP contribution in [0.2, 0.25) is 0 Å². The van der Waals surface area contributed by atoms with E-state index in [0.717, 1.165) is 39.2 Å². The van der Waals surface area contributed by atoms with E-state index in [0.29, 0.717) is 29.8 Å². The van der Waals surface area contributed by atoms with Gasteiger partial charge in [0, 0.05) is 16.7 Å². The number of nitrogens with zero attached hydrogens (tertiary/aromatic N) is 2. The Morgan fingerprint density at radius 2 is 1.88 bits per heavy atom. The Morgan fingerprint density at radius 1 is 1.12 bits per heavy atom. The Morgan fingerprint density at radius 3 is 2.68 bits per heavy atom. The summed E-state index contributed by atoms with van der Waals surface area (Å²) in [5, 5.41) is 10.2. The number of halogens is 1. The Balaban J connectivity index is 1.45. The molecule has 172 valence electrons. The lowest BCUT2D eigenvalue weighted by Gasteiger charge is -2.27. The Hall–Kier alpha value is -3.65. The number of benzene rings is 2. The van der Waals surface area contributed by atoms with E-state index >= 15 is 0 Å². The third kappa shape index (κ3) is 4.68. The van der Waals surface area contributed by atoms with E-state index in [2.05, 4.69) is 42.9 Å². The quantitative estimate of drug-likeness (QED) is 0.481. The third-order valence-corrected chi connectivity index (χ3v) is 6.44. The number of hydrogen-bond acceptors (Lipinski definition) is 6. The summed E-state index contributed by atoms with van der Waals surface area (Å²) in [4.78, 5) is 22.7. The number of aliphatic imine (C=N–C) groups is 1. The molecule has 3 aromatic rings. The van der Waals surface area contributed by atoms with Crippen molar-refractivity contribution in [2.45, 2.75) is 32.4 Å². The molecule has 0 fully saturated rings. The van der Waals surface area contributed by atoms with Crippen LogP contribution in [0.1, 0.15) is 36.9 Å². The highest BCUT2D eigenvalue weighted by Crippen LogP contribution is 2.35. The monoisotopic (exact) mass is 517 g/mol. The maximum atomic E-state index is 13.3. The van der Waals surface area contributed by atoms with Gasteiger partial charge in [0.15, 0.2) is 5.42 Å². The fourth-order valence-corrected chi connectivity index (χ4v) is 4.56. The molecule has 7 nitrogen and oxygen atoms in total. The molecule has 1 atom stereocenters. The highest BCUT2D eigenvalue weighted by Gasteiger charge is 2.30. The van der Waals surface area contributed by atoms with Gasteiger partial charge in [-0.15, -0.1) is 0 Å². The summed E-state index contributed by atoms with van der Waals surface area (Å²) in [6.07, 6.45) is 5.98. The van der Waals surface area contributed by atoms with Gasteiger partial charge in [-0.25, -0.2) is 4.99 Å². The molecule has 5 rings (SSSR count). The molecule has 1 unspecified atom stereocenters. The third-order valence-electron chi connectivity index (χ3n) is 5.72. The first kappa shape index (κ1) is 22.2. The van der Waals surface area contributed by atoms with Crippen LogP contribution in [0.3, 0.4) is 0 Å². The largest absolute Gasteiger partial charge is 0.424 e. The molecule has 1 aliphatic carbocycles. The normalized spacial score (nSPS) is 17.0. The molecule has 2 aliphatic rings. The number of aromatic nitrogens is 1. The molecule has 3 N–H and O–H groups in total. The minimum atomic E-state index is -0.516. The molecule has 1 amide bonds. The zero-order chi connectivity index (χ0) is 23.5. The van der Waals surface area contributed by atoms with E-state index in [1.165, 1.54) is 0 Å². The fraction of sp³-hybridized carbons (Fsp3) is 0.192. The fourth-order valence-electron chi connectivity index (χ4n) is 4.05. The van der Waals surface area contributed by atoms with Crippen molar-refractivity contribution in [3.05, 3.63) is 92.2 Å². The van der Waals surface area contributed by atoms with Gasteiger partial charge in [0.1, 0.15) is 11.4 Å². The zero-order valence-electron chi connectivity index (χ0n) is 18.6. The van der Waals surface area contributed by atoms with E-state index < -0.39 is 6.04 Å². The van der Waals surface area contributed by atoms with E-state index in [9.17, 15) is 4.79 Å². The molecule has 0 saturated heterocycles. The molecule has 0 radical (unpaired) electrons. The van der Waals surface area contributed by atoms with Crippen molar-refractivity contribution >= 4 is 46.0 Å². The molecule has 2 aromatic carbocycles. The first-order valence-electron chi connectivity index (χ1n) is 11.1. The maximum Gasteiger partial charge on any atom is 0.302 e. The Bertz CT molecular complexity index is 1370. The van der Waals surface area contributed by atoms with Crippen LogP contribution in [0.25, 0.3) is 12.2 Å². The SMILES string of the molecule is CC1=C(C(=O)NCc2ccccc2)C(c2ccccc2Br)N=C(Nc2nc3c(o2)=CCCC=3)N1. The molecule has 0 spiro atoms. The predicted octanol–water partition coefficient (Wildman–Crippen LogP) is 3.49. The summed E-state index contributed by atoms with van der Waals surface area (Å²) in [5.74, 6) is 0.296. The number of hydrogen-bond donors (Lipinski definition) is 3. The summed E-state index contributed by atoms with van der Waals surface area (Å²) >= 11 is 3.63. The summed E-state index contributed by atoms with van der Waals surface area (Å²) < 4.78 is 6.71. The van der Waals surface area contributed by atoms with Crippen LogP contribution in [0.5, 0.6) is 0 Å². The summed E-state index contributed by atoms with van der Waals surface area (Å²) in [6, 6.07) is 17.5. The summed E-state index contributed by atoms with van der Waals surface area (Å²) in [5.41, 5.74) is 3.95. The number of carbonyl (C=O) groups excluding carboxylic acids is 1. The second-order valence-corrected chi connectivity index (χ2v) is 8.97. The van der Waals surface area contributed by atoms with Crippen LogP contribution in [0.15, 0.2) is 79.7 Å². The van der Waals surface area contributed by atoms with Crippen molar-refractivity contribution in [2.75, 3.05) is 5.32 Å². The molecule has 2 heterocycles. The highest BCUT2D eigenvalue weighted by molar-refractivity contribution is 9.10. The van der Waals surface area contributed by atoms with Gasteiger partial charge in [-0.2, -0.15) is 4.98 Å². The standard InChI is InChI=1S/C26H24BrN5O2/c1-16-22(24(33)28-15-17-9-3-2-4-10-17)23(18-11-5-6-12-19(18)27)31-25(29-16)32-26-30-20-13-7-8-14-21(20)34-26/h2-6,9-14,23H,7-8,15H2,1H3,(H,28,33)(H2,29,30,31,32). The number of carbonyl (C=O) groups is 1. The van der Waals surface area contributed by atoms with E-state index in [4.69, 9.17) is 9.41 Å². The molecule has 34 heavy (non-hydrogen) atoms. The number of oxazole rings is 1. The smallest absolute Gasteiger partial charge is 0.302 e. The number of rotatable bonds is 5. The number of allylic oxidation sites excluding steroid dienone is 1. The minimum absolute atomic E-state index is 0.173. The van der Waals surface area contributed by atoms with Gasteiger partial charge in [0.2, 0.25) is 5.96 Å². The van der Waals surface area contributed by atoms with E-state index in [1.54, 1.807) is 0 Å². The first-order chi connectivity index (χ1) is 16.6. The first-order valence-corrected chi connectivity index (χ1v) is 11.9. The van der Waals surface area contributed by atoms with Crippen molar-refractivity contribution in [2.24, 2.45) is 4.99 Å². The topological polar surface area (TPSA) is 91.5 Å². The predicted molar refractivity (Wildman–Crippen MR) is 136 cm³/mol. The molecule has 8 heteroatoms. The van der Waals surface area contributed by atoms with Crippen LogP contribution in [-0.4, -0.2) is 16.9 Å². The molecule has 1 aliphatic heterocycles. The van der Waals surface area contributed by atoms with Crippen molar-refractivity contribution in [3.8, 4) is 0 Å². The second-order valence-electron chi connectivity index (χ2n) is 8.11. The average Bonchev–Trinajstić information content (AvgIpc) is 3.25. The van der Waals surface area contributed by atoms with Gasteiger partial charge in [-0.05, 0) is 43.0 Å². The molecule has 1 aromatic heterocycles. The van der Waals surface area contributed by atoms with Gasteiger partial charge in [0.25, 0.3) is 5.91 Å². The maximum absolute atomic E-state index is 13.3. The van der Waals surface area contributed by atoms with E-state index in [-0.39, 0.29) is 5.91 Å². The Labute approximate surface area is 205 Å². The summed E-state index contributed by atoms with van der Waals surface area (Å²) in [6.45, 7) is 2.31. The zero-order valence-corrected chi connectivity index (χ0v) is 20.2. The molecule has 0 saturated carbocycles. The van der Waals surface area contributed by atoms with Crippen molar-refractivity contribution < 1.29 is 9.21 Å². The Kier molecular flexibility index (Phi) is 6.31. The van der Waals surface area contributed by atoms with Crippen LogP contribution in [-0.2, 0) is 11.3 Å². The van der Waals surface area contributed by atoms with Gasteiger partial charge >= 0.3 is 6.01 Å². The average molecular weight is 518 g/mol. The van der Waals surface area contributed by atoms with Gasteiger partial charge in [-0.3, -0.25) is 10.1 Å². The van der Waals surface area contributed by atoms with Crippen molar-refractivity contribution in [1.82, 2.24) is 15.6 Å². The van der Waals surface area contributed by atoms with Gasteiger partial charge in [0.05, 0.1) is 5.57 Å². The van der Waals surface area contributed by atoms with Crippen LogP contribution in [0.4, 0.5) is 6.01 Å². The van der Waals surface area contributed by atoms with Crippen molar-refractivity contribution in [1.29, 1.82) is 0 Å². The number of anilines is 1. The lowest BCUT2D eigenvalue weighted by atomic mass is 9.95. The number of fused-ring (bicyclic) bond motifs is 1. The molecular weight excluding hydrogens is 494 g/mol. The van der Waals surface area contributed by atoms with Crippen LogP contribution >= 0.6 is 15.9 Å². The highest BCUT2D eigenvalue weighted by atomic mass is 79.9. The van der Waals surface area contributed by atoms with Gasteiger partial charge < -0.3 is 15.1 Å². The number of amides is 1. The lowest BCUT2D eigenvalue weighted by Crippen LogP contribution is -2.39. The lowest BCUT2D eigenvalue weighted by molar-refractivity contribution is -0.118. The second kappa shape index (κ2) is 9.69. The van der Waals surface area contributed by atoms with Crippen molar-refractivity contribution in [3.63, 3.8) is 0 Å². The summed E-state index contributed by atoms with van der Waals surface area (Å²) in [7, 11) is 0. The van der Waals surface area contributed by atoms with E-state index in [1.807, 2.05) is 67.6 Å². The number of nitrogens with one attached hydrogen (secondary N) is 3. The molecular formula is C26H24BrN5O2.